The molecule has 0 N–H and O–H groups in total. The molecule has 0 aliphatic heterocycles. The van der Waals surface area contributed by atoms with E-state index in [0.29, 0.717) is 0 Å². The maximum absolute atomic E-state index is 5.49. The van der Waals surface area contributed by atoms with Crippen LogP contribution in [0.4, 0.5) is 0 Å². The van der Waals surface area contributed by atoms with E-state index in [-0.39, 0.29) is 0 Å². The second-order valence-corrected chi connectivity index (χ2v) is 5.50. The van der Waals surface area contributed by atoms with Crippen molar-refractivity contribution in [2.75, 3.05) is 0 Å². The lowest BCUT2D eigenvalue weighted by molar-refractivity contribution is 0.603. The van der Waals surface area contributed by atoms with Crippen LogP contribution in [0.3, 0.4) is 0 Å². The van der Waals surface area contributed by atoms with Crippen LogP contribution in [0, 0.1) is 0 Å². The van der Waals surface area contributed by atoms with Crippen molar-refractivity contribution in [2.24, 2.45) is 0 Å². The summed E-state index contributed by atoms with van der Waals surface area (Å²) >= 11 is -1.95. The number of benzene rings is 1. The first-order valence-corrected chi connectivity index (χ1v) is 6.75. The van der Waals surface area contributed by atoms with Gasteiger partial charge in [-0.05, 0) is 12.1 Å². The number of halogens is 2. The monoisotopic (exact) mass is 190 g/mol. The highest BCUT2D eigenvalue weighted by molar-refractivity contribution is 7.31. The van der Waals surface area contributed by atoms with Gasteiger partial charge in [0.2, 0.25) is 0 Å². The molecule has 1 rings (SSSR count). The molecule has 10 heavy (non-hydrogen) atoms. The summed E-state index contributed by atoms with van der Waals surface area (Å²) in [5.41, 5.74) is 0. The molecule has 0 atom stereocenters. The molecule has 1 aromatic carbocycles. The van der Waals surface area contributed by atoms with Gasteiger partial charge in [0, 0.05) is 0 Å². The van der Waals surface area contributed by atoms with Crippen molar-refractivity contribution in [1.82, 2.24) is 0 Å². The van der Waals surface area contributed by atoms with Gasteiger partial charge in [0.15, 0.2) is 0 Å². The van der Waals surface area contributed by atoms with E-state index in [1.165, 1.54) is 0 Å². The molecule has 1 nitrogen and oxygen atoms in total. The summed E-state index contributed by atoms with van der Waals surface area (Å²) in [5, 5.41) is 0. The Morgan fingerprint density at radius 2 is 1.70 bits per heavy atom. The van der Waals surface area contributed by atoms with Crippen LogP contribution in [0.15, 0.2) is 30.3 Å². The molecule has 0 radical (unpaired) electrons. The number of hydrogen-bond donors (Lipinski definition) is 0. The Morgan fingerprint density at radius 3 is 2.20 bits per heavy atom. The first-order chi connectivity index (χ1) is 4.79. The fourth-order valence-corrected chi connectivity index (χ4v) is 1.58. The molecule has 0 bridgehead atoms. The highest BCUT2D eigenvalue weighted by atomic mass is 35.7. The predicted molar refractivity (Wildman–Crippen MR) is 44.5 cm³/mol. The first kappa shape index (κ1) is 8.23. The van der Waals surface area contributed by atoms with Crippen LogP contribution in [-0.4, -0.2) is 12.6 Å². The lowest BCUT2D eigenvalue weighted by atomic mass is 10.3. The van der Waals surface area contributed by atoms with Crippen LogP contribution >= 0.6 is 20.1 Å². The zero-order valence-electron chi connectivity index (χ0n) is 5.13. The van der Waals surface area contributed by atoms with E-state index >= 15 is 0 Å². The maximum atomic E-state index is 5.49. The Labute approximate surface area is 72.6 Å². The third-order valence-corrected chi connectivity index (χ3v) is 1.95. The molecule has 0 amide bonds. The van der Waals surface area contributed by atoms with Crippen LogP contribution in [0.2, 0.25) is 0 Å². The predicted octanol–water partition coefficient (Wildman–Crippen LogP) is 2.53. The van der Waals surface area contributed by atoms with Crippen molar-refractivity contribution in [3.05, 3.63) is 30.3 Å². The van der Waals surface area contributed by atoms with E-state index in [1.54, 1.807) is 0 Å². The lowest BCUT2D eigenvalue weighted by Gasteiger charge is -2.02. The Hall–Kier alpha value is 0.132. The zero-order valence-corrected chi connectivity index (χ0v) is 7.79. The third kappa shape index (κ3) is 2.81. The van der Waals surface area contributed by atoms with Crippen molar-refractivity contribution in [1.29, 1.82) is 0 Å². The SMILES string of the molecule is [Cl][Al]([Cl])[O]c1ccccc1. The standard InChI is InChI=1S/C6H6O.Al.2ClH/c7-6-4-2-1-3-5-6;;;/h1-5,7H;;2*1H/q;+3;;/p-3. The van der Waals surface area contributed by atoms with Gasteiger partial charge in [-0.1, -0.05) is 18.2 Å². The minimum Gasteiger partial charge on any atom is -0.620 e. The van der Waals surface area contributed by atoms with Crippen LogP contribution in [0.25, 0.3) is 0 Å². The summed E-state index contributed by atoms with van der Waals surface area (Å²) in [6.45, 7) is 0. The van der Waals surface area contributed by atoms with Gasteiger partial charge in [0.25, 0.3) is 0 Å². The average molecular weight is 191 g/mol. The molecule has 0 saturated heterocycles. The van der Waals surface area contributed by atoms with Crippen molar-refractivity contribution >= 4 is 32.7 Å². The van der Waals surface area contributed by atoms with Crippen molar-refractivity contribution in [3.8, 4) is 5.75 Å². The average Bonchev–Trinajstić information content (AvgIpc) is 1.88. The lowest BCUT2D eigenvalue weighted by Crippen LogP contribution is -2.04. The molecule has 0 saturated carbocycles. The molecular formula is C6H5AlCl2O. The summed E-state index contributed by atoms with van der Waals surface area (Å²) in [6.07, 6.45) is 0. The molecular weight excluding hydrogens is 186 g/mol. The molecule has 1 aromatic rings. The topological polar surface area (TPSA) is 9.23 Å². The summed E-state index contributed by atoms with van der Waals surface area (Å²) in [7, 11) is 11.0. The molecule has 0 unspecified atom stereocenters. The Bertz CT molecular complexity index is 190. The third-order valence-electron chi connectivity index (χ3n) is 0.968. The zero-order chi connectivity index (χ0) is 7.40. The van der Waals surface area contributed by atoms with Gasteiger partial charge in [-0.2, -0.15) is 20.1 Å². The fourth-order valence-electron chi connectivity index (χ4n) is 0.602. The smallest absolute Gasteiger partial charge is 0.620 e. The highest BCUT2D eigenvalue weighted by Crippen LogP contribution is 2.11. The second kappa shape index (κ2) is 4.10. The summed E-state index contributed by atoms with van der Waals surface area (Å²) in [5.74, 6) is 0.740. The van der Waals surface area contributed by atoms with Crippen LogP contribution in [0.5, 0.6) is 5.75 Å². The second-order valence-electron chi connectivity index (χ2n) is 1.69. The van der Waals surface area contributed by atoms with Gasteiger partial charge in [0.05, 0.1) is 5.75 Å². The normalized spacial score (nSPS) is 9.00. The van der Waals surface area contributed by atoms with Crippen LogP contribution in [-0.2, 0) is 0 Å². The molecule has 52 valence electrons. The minimum atomic E-state index is -1.95. The van der Waals surface area contributed by atoms with Crippen LogP contribution in [0.1, 0.15) is 0 Å². The highest BCUT2D eigenvalue weighted by Gasteiger charge is 2.16. The van der Waals surface area contributed by atoms with Gasteiger partial charge in [0.1, 0.15) is 0 Å². The van der Waals surface area contributed by atoms with E-state index in [2.05, 4.69) is 0 Å². The van der Waals surface area contributed by atoms with E-state index < -0.39 is 12.6 Å². The largest absolute Gasteiger partial charge is 0.815 e. The Balaban J connectivity index is 2.59. The van der Waals surface area contributed by atoms with Gasteiger partial charge in [-0.25, -0.2) is 0 Å². The van der Waals surface area contributed by atoms with Gasteiger partial charge in [-0.3, -0.25) is 0 Å². The quantitative estimate of drug-likeness (QED) is 0.652. The number of para-hydroxylation sites is 1. The van der Waals surface area contributed by atoms with Crippen molar-refractivity contribution < 1.29 is 3.79 Å². The molecule has 4 heteroatoms. The fraction of sp³-hybridized carbons (Fsp3) is 0. The molecule has 0 aliphatic rings. The summed E-state index contributed by atoms with van der Waals surface area (Å²) in [6, 6.07) is 9.31. The Kier molecular flexibility index (Phi) is 3.38. The number of hydrogen-bond acceptors (Lipinski definition) is 1. The van der Waals surface area contributed by atoms with Crippen LogP contribution < -0.4 is 3.79 Å². The van der Waals surface area contributed by atoms with E-state index in [1.807, 2.05) is 30.3 Å². The molecule has 0 heterocycles. The van der Waals surface area contributed by atoms with E-state index in [9.17, 15) is 0 Å². The van der Waals surface area contributed by atoms with Crippen molar-refractivity contribution in [2.45, 2.75) is 0 Å². The van der Waals surface area contributed by atoms with Gasteiger partial charge >= 0.3 is 12.6 Å². The first-order valence-electron chi connectivity index (χ1n) is 2.79. The number of rotatable bonds is 2. The summed E-state index contributed by atoms with van der Waals surface area (Å²) in [4.78, 5) is 0. The summed E-state index contributed by atoms with van der Waals surface area (Å²) < 4.78 is 5.08. The molecule has 0 fully saturated rings. The van der Waals surface area contributed by atoms with Gasteiger partial charge in [-0.15, -0.1) is 0 Å². The Morgan fingerprint density at radius 1 is 1.10 bits per heavy atom. The van der Waals surface area contributed by atoms with Crippen molar-refractivity contribution in [3.63, 3.8) is 0 Å². The molecule has 0 aromatic heterocycles. The van der Waals surface area contributed by atoms with Gasteiger partial charge < -0.3 is 3.79 Å². The maximum Gasteiger partial charge on any atom is 0.815 e. The van der Waals surface area contributed by atoms with E-state index in [4.69, 9.17) is 23.9 Å². The molecule has 0 spiro atoms. The molecule has 0 aliphatic carbocycles. The van der Waals surface area contributed by atoms with E-state index in [0.717, 1.165) is 5.75 Å². The minimum absolute atomic E-state index is 0.740.